The molecule has 0 heterocycles. The van der Waals surface area contributed by atoms with Gasteiger partial charge in [0.2, 0.25) is 5.91 Å². The van der Waals surface area contributed by atoms with Gasteiger partial charge < -0.3 is 10.6 Å². The van der Waals surface area contributed by atoms with E-state index in [9.17, 15) is 18.4 Å². The first-order valence-electron chi connectivity index (χ1n) is 9.35. The Hall–Kier alpha value is -1.92. The number of nitriles is 1. The van der Waals surface area contributed by atoms with Crippen molar-refractivity contribution in [2.24, 2.45) is 5.92 Å². The van der Waals surface area contributed by atoms with Crippen molar-refractivity contribution in [3.63, 3.8) is 0 Å². The summed E-state index contributed by atoms with van der Waals surface area (Å²) < 4.78 is 25.9. The molecule has 166 valence electrons. The number of alkyl halides is 2. The third kappa shape index (κ3) is 4.19. The van der Waals surface area contributed by atoms with Gasteiger partial charge in [0.25, 0.3) is 5.91 Å². The first-order chi connectivity index (χ1) is 15.0. The van der Waals surface area contributed by atoms with Gasteiger partial charge >= 0.3 is 0 Å². The molecule has 0 aromatic heterocycles. The summed E-state index contributed by atoms with van der Waals surface area (Å²) in [7, 11) is 0. The maximum Gasteiger partial charge on any atom is 0.254 e. The lowest BCUT2D eigenvalue weighted by Crippen LogP contribution is -2.35. The van der Waals surface area contributed by atoms with Crippen LogP contribution in [-0.2, 0) is 4.79 Å². The predicted octanol–water partition coefficient (Wildman–Crippen LogP) is 5.69. The summed E-state index contributed by atoms with van der Waals surface area (Å²) in [6.07, 6.45) is 1.11. The largest absolute Gasteiger partial charge is 0.334 e. The van der Waals surface area contributed by atoms with E-state index < -0.39 is 45.2 Å². The average Bonchev–Trinajstić information content (AvgIpc) is 3.62. The van der Waals surface area contributed by atoms with Gasteiger partial charge in [-0.1, -0.05) is 11.6 Å². The third-order valence-corrected chi connectivity index (χ3v) is 7.52. The van der Waals surface area contributed by atoms with Crippen LogP contribution in [0.25, 0.3) is 0 Å². The van der Waals surface area contributed by atoms with Gasteiger partial charge in [0.15, 0.2) is 0 Å². The fourth-order valence-electron chi connectivity index (χ4n) is 3.49. The highest BCUT2D eigenvalue weighted by molar-refractivity contribution is 9.10. The lowest BCUT2D eigenvalue weighted by Gasteiger charge is -2.12. The summed E-state index contributed by atoms with van der Waals surface area (Å²) >= 11 is 21.4. The molecule has 0 spiro atoms. The Labute approximate surface area is 205 Å². The molecule has 2 saturated carbocycles. The van der Waals surface area contributed by atoms with Crippen molar-refractivity contribution in [3.8, 4) is 6.07 Å². The highest BCUT2D eigenvalue weighted by Gasteiger charge is 2.67. The molecule has 2 aromatic rings. The Balaban J connectivity index is 1.52. The SMILES string of the molecule is N#CC1(NC(=O)c2cc(NC(=O)[C@H]3[C@H](c4cc(F)c(Br)c(F)c4)C3(Cl)Cl)ccc2Cl)CC1. The average molecular weight is 564 g/mol. The summed E-state index contributed by atoms with van der Waals surface area (Å²) in [5.74, 6) is -4.62. The maximum atomic E-state index is 13.9. The van der Waals surface area contributed by atoms with Gasteiger partial charge in [-0.15, -0.1) is 23.2 Å². The smallest absolute Gasteiger partial charge is 0.254 e. The van der Waals surface area contributed by atoms with Crippen molar-refractivity contribution in [3.05, 3.63) is 62.6 Å². The van der Waals surface area contributed by atoms with E-state index in [0.717, 1.165) is 12.1 Å². The summed E-state index contributed by atoms with van der Waals surface area (Å²) in [6, 6.07) is 8.46. The van der Waals surface area contributed by atoms with E-state index in [1.54, 1.807) is 0 Å². The van der Waals surface area contributed by atoms with Crippen LogP contribution in [0.1, 0.15) is 34.7 Å². The topological polar surface area (TPSA) is 82.0 Å². The minimum atomic E-state index is -1.56. The number of nitrogens with zero attached hydrogens (tertiary/aromatic N) is 1. The van der Waals surface area contributed by atoms with E-state index in [4.69, 9.17) is 40.1 Å². The van der Waals surface area contributed by atoms with Crippen LogP contribution in [0.15, 0.2) is 34.8 Å². The van der Waals surface area contributed by atoms with Gasteiger partial charge in [-0.3, -0.25) is 9.59 Å². The van der Waals surface area contributed by atoms with E-state index in [-0.39, 0.29) is 26.3 Å². The minimum absolute atomic E-state index is 0.0819. The first kappa shape index (κ1) is 23.2. The summed E-state index contributed by atoms with van der Waals surface area (Å²) in [6.45, 7) is 0. The maximum absolute atomic E-state index is 13.9. The lowest BCUT2D eigenvalue weighted by atomic mass is 10.1. The van der Waals surface area contributed by atoms with Crippen molar-refractivity contribution >= 4 is 68.2 Å². The molecule has 32 heavy (non-hydrogen) atoms. The number of carbonyl (C=O) groups excluding carboxylic acids is 2. The number of nitrogens with one attached hydrogen (secondary N) is 2. The molecule has 4 rings (SSSR count). The molecule has 0 saturated heterocycles. The Kier molecular flexibility index (Phi) is 5.91. The van der Waals surface area contributed by atoms with Crippen LogP contribution in [0.4, 0.5) is 14.5 Å². The van der Waals surface area contributed by atoms with Crippen LogP contribution < -0.4 is 10.6 Å². The molecule has 0 unspecified atom stereocenters. The predicted molar refractivity (Wildman–Crippen MR) is 120 cm³/mol. The van der Waals surface area contributed by atoms with E-state index in [0.29, 0.717) is 12.8 Å². The highest BCUT2D eigenvalue weighted by Crippen LogP contribution is 2.65. The molecule has 2 aromatic carbocycles. The molecule has 11 heteroatoms. The van der Waals surface area contributed by atoms with E-state index in [1.165, 1.54) is 18.2 Å². The number of hydrogen-bond acceptors (Lipinski definition) is 3. The number of carbonyl (C=O) groups is 2. The number of halogens is 6. The molecular formula is C21H13BrCl3F2N3O2. The molecule has 2 aliphatic rings. The monoisotopic (exact) mass is 561 g/mol. The van der Waals surface area contributed by atoms with Gasteiger partial charge in [-0.25, -0.2) is 8.78 Å². The number of anilines is 1. The van der Waals surface area contributed by atoms with Crippen molar-refractivity contribution in [1.82, 2.24) is 5.32 Å². The minimum Gasteiger partial charge on any atom is -0.334 e. The quantitative estimate of drug-likeness (QED) is 0.362. The number of rotatable bonds is 5. The van der Waals surface area contributed by atoms with Crippen molar-refractivity contribution in [2.45, 2.75) is 28.6 Å². The molecule has 2 fully saturated rings. The molecule has 0 bridgehead atoms. The standard InChI is InChI=1S/C21H13BrCl3F2N3O2/c22-17-13(26)5-9(6-14(17)27)15-16(21(15,24)25)19(32)29-10-1-2-12(23)11(7-10)18(31)30-20(8-28)3-4-20/h1-2,5-7,15-16H,3-4H2,(H,29,32)(H,30,31)/t15-,16+/m0/s1. The van der Waals surface area contributed by atoms with Gasteiger partial charge in [0.1, 0.15) is 21.5 Å². The molecule has 2 amide bonds. The zero-order chi connectivity index (χ0) is 23.4. The van der Waals surface area contributed by atoms with Gasteiger partial charge in [0.05, 0.1) is 27.0 Å². The third-order valence-electron chi connectivity index (χ3n) is 5.50. The molecule has 0 radical (unpaired) electrons. The van der Waals surface area contributed by atoms with Crippen molar-refractivity contribution < 1.29 is 18.4 Å². The zero-order valence-corrected chi connectivity index (χ0v) is 19.8. The normalized spacial score (nSPS) is 21.9. The number of hydrogen-bond donors (Lipinski definition) is 2. The summed E-state index contributed by atoms with van der Waals surface area (Å²) in [4.78, 5) is 25.3. The Bertz CT molecular complexity index is 1170. The second kappa shape index (κ2) is 8.14. The lowest BCUT2D eigenvalue weighted by molar-refractivity contribution is -0.117. The van der Waals surface area contributed by atoms with Crippen molar-refractivity contribution in [2.75, 3.05) is 5.32 Å². The van der Waals surface area contributed by atoms with Gasteiger partial charge in [0, 0.05) is 11.6 Å². The number of benzene rings is 2. The van der Waals surface area contributed by atoms with Gasteiger partial charge in [-0.05, 0) is 64.7 Å². The molecule has 2 atom stereocenters. The van der Waals surface area contributed by atoms with E-state index >= 15 is 0 Å². The fourth-order valence-corrected chi connectivity index (χ4v) is 4.75. The van der Waals surface area contributed by atoms with Crippen LogP contribution in [0.2, 0.25) is 5.02 Å². The summed E-state index contributed by atoms with van der Waals surface area (Å²) in [5.41, 5.74) is -0.407. The number of amides is 2. The Morgan fingerprint density at radius 3 is 2.34 bits per heavy atom. The van der Waals surface area contributed by atoms with Crippen LogP contribution in [0.5, 0.6) is 0 Å². The van der Waals surface area contributed by atoms with Crippen LogP contribution >= 0.6 is 50.7 Å². The first-order valence-corrected chi connectivity index (χ1v) is 11.3. The highest BCUT2D eigenvalue weighted by atomic mass is 79.9. The van der Waals surface area contributed by atoms with E-state index in [1.807, 2.05) is 0 Å². The molecular weight excluding hydrogens is 551 g/mol. The van der Waals surface area contributed by atoms with Gasteiger partial charge in [-0.2, -0.15) is 5.26 Å². The molecule has 0 aliphatic heterocycles. The second-order valence-electron chi connectivity index (χ2n) is 7.76. The molecule has 5 nitrogen and oxygen atoms in total. The summed E-state index contributed by atoms with van der Waals surface area (Å²) in [5, 5.41) is 14.5. The molecule has 2 N–H and O–H groups in total. The van der Waals surface area contributed by atoms with E-state index in [2.05, 4.69) is 32.6 Å². The Morgan fingerprint density at radius 1 is 1.16 bits per heavy atom. The van der Waals surface area contributed by atoms with Crippen LogP contribution in [-0.4, -0.2) is 21.7 Å². The zero-order valence-electron chi connectivity index (χ0n) is 16.0. The second-order valence-corrected chi connectivity index (χ2v) is 10.4. The van der Waals surface area contributed by atoms with Crippen molar-refractivity contribution in [1.29, 1.82) is 5.26 Å². The van der Waals surface area contributed by atoms with Crippen LogP contribution in [0, 0.1) is 28.9 Å². The Morgan fingerprint density at radius 2 is 1.78 bits per heavy atom. The fraction of sp³-hybridized carbons (Fsp3) is 0.286. The van der Waals surface area contributed by atoms with Crippen LogP contribution in [0.3, 0.4) is 0 Å². The molecule has 2 aliphatic carbocycles.